The predicted molar refractivity (Wildman–Crippen MR) is 102 cm³/mol. The Morgan fingerprint density at radius 3 is 2.11 bits per heavy atom. The molecule has 7 heteroatoms. The van der Waals surface area contributed by atoms with Crippen molar-refractivity contribution in [3.8, 4) is 0 Å². The number of carbonyl (C=O) groups is 3. The van der Waals surface area contributed by atoms with Crippen LogP contribution >= 0.6 is 0 Å². The van der Waals surface area contributed by atoms with E-state index in [4.69, 9.17) is 11.5 Å². The molecule has 0 fully saturated rings. The van der Waals surface area contributed by atoms with E-state index >= 15 is 0 Å². The second-order valence-electron chi connectivity index (χ2n) is 8.10. The Bertz CT molecular complexity index is 665. The molecule has 0 saturated heterocycles. The maximum atomic E-state index is 12.7. The third-order valence-electron chi connectivity index (χ3n) is 4.50. The van der Waals surface area contributed by atoms with Gasteiger partial charge in [0.2, 0.25) is 17.7 Å². The highest BCUT2D eigenvalue weighted by Gasteiger charge is 2.39. The first kappa shape index (κ1) is 22.6. The van der Waals surface area contributed by atoms with Crippen LogP contribution < -0.4 is 11.5 Å². The first-order chi connectivity index (χ1) is 12.4. The van der Waals surface area contributed by atoms with Gasteiger partial charge in [-0.3, -0.25) is 19.6 Å². The summed E-state index contributed by atoms with van der Waals surface area (Å²) < 4.78 is 0. The minimum atomic E-state index is -1.20. The minimum absolute atomic E-state index is 0.195. The molecule has 0 aliphatic heterocycles. The van der Waals surface area contributed by atoms with E-state index in [1.807, 2.05) is 31.2 Å². The average Bonchev–Trinajstić information content (AvgIpc) is 2.53. The van der Waals surface area contributed by atoms with E-state index in [-0.39, 0.29) is 6.42 Å². The van der Waals surface area contributed by atoms with Gasteiger partial charge in [0.1, 0.15) is 6.04 Å². The Hall–Kier alpha value is -2.41. The first-order valence-electron chi connectivity index (χ1n) is 9.08. The van der Waals surface area contributed by atoms with Crippen LogP contribution in [0.25, 0.3) is 0 Å². The van der Waals surface area contributed by atoms with Crippen molar-refractivity contribution in [1.82, 2.24) is 5.06 Å². The van der Waals surface area contributed by atoms with Crippen molar-refractivity contribution < 1.29 is 19.6 Å². The summed E-state index contributed by atoms with van der Waals surface area (Å²) in [6, 6.07) is 6.86. The Labute approximate surface area is 160 Å². The number of amides is 3. The number of hydrogen-bond acceptors (Lipinski definition) is 4. The number of nitrogens with two attached hydrogens (primary N) is 2. The van der Waals surface area contributed by atoms with E-state index in [2.05, 4.69) is 0 Å². The van der Waals surface area contributed by atoms with E-state index in [9.17, 15) is 19.6 Å². The van der Waals surface area contributed by atoms with Crippen molar-refractivity contribution >= 4 is 17.7 Å². The summed E-state index contributed by atoms with van der Waals surface area (Å²) in [6.07, 6.45) is 1.53. The molecule has 0 bridgehead atoms. The van der Waals surface area contributed by atoms with Gasteiger partial charge < -0.3 is 11.5 Å². The van der Waals surface area contributed by atoms with Crippen LogP contribution in [-0.4, -0.2) is 34.0 Å². The zero-order valence-corrected chi connectivity index (χ0v) is 16.6. The third kappa shape index (κ3) is 7.02. The number of rotatable bonds is 9. The number of hydrogen-bond donors (Lipinski definition) is 3. The summed E-state index contributed by atoms with van der Waals surface area (Å²) >= 11 is 0. The fourth-order valence-electron chi connectivity index (χ4n) is 3.09. The van der Waals surface area contributed by atoms with Crippen LogP contribution in [0.4, 0.5) is 0 Å². The molecule has 2 atom stereocenters. The van der Waals surface area contributed by atoms with Crippen LogP contribution in [0.1, 0.15) is 51.2 Å². The van der Waals surface area contributed by atoms with Crippen molar-refractivity contribution in [3.05, 3.63) is 35.4 Å². The fourth-order valence-corrected chi connectivity index (χ4v) is 3.09. The van der Waals surface area contributed by atoms with Crippen LogP contribution in [-0.2, 0) is 20.8 Å². The molecule has 7 nitrogen and oxygen atoms in total. The molecule has 0 saturated carbocycles. The lowest BCUT2D eigenvalue weighted by atomic mass is 9.85. The van der Waals surface area contributed by atoms with Gasteiger partial charge in [0, 0.05) is 12.3 Å². The molecule has 5 N–H and O–H groups in total. The van der Waals surface area contributed by atoms with E-state index in [1.165, 1.54) is 0 Å². The Morgan fingerprint density at radius 2 is 1.67 bits per heavy atom. The molecule has 0 aliphatic rings. The maximum absolute atomic E-state index is 12.7. The van der Waals surface area contributed by atoms with Gasteiger partial charge in [0.25, 0.3) is 0 Å². The normalized spacial score (nSPS) is 13.7. The number of nitrogens with zero attached hydrogens (tertiary/aromatic N) is 1. The lowest BCUT2D eigenvalue weighted by Gasteiger charge is -2.35. The molecule has 1 rings (SSSR count). The van der Waals surface area contributed by atoms with Crippen molar-refractivity contribution in [2.24, 2.45) is 22.8 Å². The summed E-state index contributed by atoms with van der Waals surface area (Å²) in [7, 11) is 0. The van der Waals surface area contributed by atoms with Gasteiger partial charge >= 0.3 is 0 Å². The van der Waals surface area contributed by atoms with Crippen LogP contribution in [0.5, 0.6) is 0 Å². The molecule has 0 radical (unpaired) electrons. The molecule has 150 valence electrons. The summed E-state index contributed by atoms with van der Waals surface area (Å²) in [6.45, 7) is 7.09. The smallest absolute Gasteiger partial charge is 0.250 e. The lowest BCUT2D eigenvalue weighted by molar-refractivity contribution is -0.192. The molecule has 27 heavy (non-hydrogen) atoms. The topological polar surface area (TPSA) is 127 Å². The first-order valence-corrected chi connectivity index (χ1v) is 9.08. The quantitative estimate of drug-likeness (QED) is 0.449. The van der Waals surface area contributed by atoms with Gasteiger partial charge in [-0.05, 0) is 37.2 Å². The minimum Gasteiger partial charge on any atom is -0.370 e. The van der Waals surface area contributed by atoms with Gasteiger partial charge in [-0.15, -0.1) is 0 Å². The van der Waals surface area contributed by atoms with Gasteiger partial charge in [0.05, 0.1) is 0 Å². The van der Waals surface area contributed by atoms with Crippen molar-refractivity contribution in [2.45, 2.75) is 59.4 Å². The zero-order valence-electron chi connectivity index (χ0n) is 16.6. The standard InChI is InChI=1S/C20H31N3O4/c1-13-8-10-14(11-9-13)6-5-7-15(12-16(21)24)19(26)23(27)17(18(22)25)20(2,3)4/h8-11,15,17,27H,5-7,12H2,1-4H3,(H2,21,24)(H2,22,25)/t15-,17-/m1/s1. The summed E-state index contributed by atoms with van der Waals surface area (Å²) in [5, 5.41) is 10.7. The molecule has 1 aromatic rings. The molecular formula is C20H31N3O4. The molecule has 0 unspecified atom stereocenters. The summed E-state index contributed by atoms with van der Waals surface area (Å²) in [5.74, 6) is -2.96. The van der Waals surface area contributed by atoms with Gasteiger partial charge in [-0.2, -0.15) is 0 Å². The number of aryl methyl sites for hydroxylation is 2. The summed E-state index contributed by atoms with van der Waals surface area (Å²) in [5.41, 5.74) is 12.2. The monoisotopic (exact) mass is 377 g/mol. The highest BCUT2D eigenvalue weighted by Crippen LogP contribution is 2.26. The van der Waals surface area contributed by atoms with Gasteiger partial charge in [-0.1, -0.05) is 50.6 Å². The van der Waals surface area contributed by atoms with E-state index in [0.29, 0.717) is 17.9 Å². The molecule has 0 heterocycles. The predicted octanol–water partition coefficient (Wildman–Crippen LogP) is 1.93. The zero-order chi connectivity index (χ0) is 20.8. The molecule has 1 aromatic carbocycles. The Kier molecular flexibility index (Phi) is 7.97. The average molecular weight is 377 g/mol. The van der Waals surface area contributed by atoms with Gasteiger partial charge in [0.15, 0.2) is 0 Å². The third-order valence-corrected chi connectivity index (χ3v) is 4.50. The maximum Gasteiger partial charge on any atom is 0.250 e. The highest BCUT2D eigenvalue weighted by molar-refractivity contribution is 5.89. The van der Waals surface area contributed by atoms with E-state index in [1.54, 1.807) is 20.8 Å². The van der Waals surface area contributed by atoms with Gasteiger partial charge in [-0.25, -0.2) is 5.06 Å². The van der Waals surface area contributed by atoms with Crippen LogP contribution in [0.2, 0.25) is 0 Å². The van der Waals surface area contributed by atoms with E-state index in [0.717, 1.165) is 17.5 Å². The Morgan fingerprint density at radius 1 is 1.11 bits per heavy atom. The SMILES string of the molecule is Cc1ccc(CCC[C@H](CC(N)=O)C(=O)N(O)[C@H](C(N)=O)C(C)(C)C)cc1. The molecule has 3 amide bonds. The lowest BCUT2D eigenvalue weighted by Crippen LogP contribution is -2.54. The van der Waals surface area contributed by atoms with Crippen LogP contribution in [0.3, 0.4) is 0 Å². The molecule has 0 aromatic heterocycles. The van der Waals surface area contributed by atoms with E-state index < -0.39 is 35.1 Å². The fraction of sp³-hybridized carbons (Fsp3) is 0.550. The van der Waals surface area contributed by atoms with Crippen molar-refractivity contribution in [1.29, 1.82) is 0 Å². The molecular weight excluding hydrogens is 346 g/mol. The summed E-state index contributed by atoms with van der Waals surface area (Å²) in [4.78, 5) is 35.8. The van der Waals surface area contributed by atoms with Crippen molar-refractivity contribution in [3.63, 3.8) is 0 Å². The number of hydroxylamine groups is 2. The van der Waals surface area contributed by atoms with Crippen LogP contribution in [0.15, 0.2) is 24.3 Å². The number of carbonyl (C=O) groups excluding carboxylic acids is 3. The molecule has 0 spiro atoms. The Balaban J connectivity index is 2.84. The van der Waals surface area contributed by atoms with Crippen LogP contribution in [0, 0.1) is 18.3 Å². The second-order valence-corrected chi connectivity index (χ2v) is 8.10. The number of primary amides is 2. The second kappa shape index (κ2) is 9.50. The van der Waals surface area contributed by atoms with Crippen molar-refractivity contribution in [2.75, 3.05) is 0 Å². The highest BCUT2D eigenvalue weighted by atomic mass is 16.5. The largest absolute Gasteiger partial charge is 0.370 e. The number of benzene rings is 1. The molecule has 0 aliphatic carbocycles.